The molecule has 7 nitrogen and oxygen atoms in total. The van der Waals surface area contributed by atoms with Crippen molar-refractivity contribution in [2.45, 2.75) is 6.92 Å². The second-order valence-electron chi connectivity index (χ2n) is 5.03. The molecule has 0 fully saturated rings. The zero-order valence-corrected chi connectivity index (χ0v) is 13.9. The Morgan fingerprint density at radius 3 is 2.21 bits per heavy atom. The third-order valence-corrected chi connectivity index (χ3v) is 3.46. The molecule has 0 aliphatic rings. The summed E-state index contributed by atoms with van der Waals surface area (Å²) in [4.78, 5) is 8.75. The molecule has 0 atom stereocenters. The predicted octanol–water partition coefficient (Wildman–Crippen LogP) is 3.13. The summed E-state index contributed by atoms with van der Waals surface area (Å²) in [5.41, 5.74) is 2.20. The molecule has 0 radical (unpaired) electrons. The van der Waals surface area contributed by atoms with Crippen molar-refractivity contribution in [1.82, 2.24) is 15.1 Å². The highest BCUT2D eigenvalue weighted by Gasteiger charge is 2.16. The van der Waals surface area contributed by atoms with Gasteiger partial charge < -0.3 is 18.7 Å². The van der Waals surface area contributed by atoms with Gasteiger partial charge in [0.2, 0.25) is 11.7 Å². The SMILES string of the molecule is COc1cc(OC)cc(-c2nc(-c3ccc(C)nc3OC)no2)c1. The highest BCUT2D eigenvalue weighted by Crippen LogP contribution is 2.31. The Morgan fingerprint density at radius 2 is 1.58 bits per heavy atom. The van der Waals surface area contributed by atoms with Gasteiger partial charge in [0.05, 0.1) is 26.9 Å². The van der Waals surface area contributed by atoms with Crippen molar-refractivity contribution in [2.24, 2.45) is 0 Å². The Morgan fingerprint density at radius 1 is 0.875 bits per heavy atom. The van der Waals surface area contributed by atoms with Crippen LogP contribution < -0.4 is 14.2 Å². The Bertz CT molecular complexity index is 839. The Labute approximate surface area is 139 Å². The monoisotopic (exact) mass is 327 g/mol. The molecular formula is C17H17N3O4. The van der Waals surface area contributed by atoms with Gasteiger partial charge in [-0.15, -0.1) is 0 Å². The molecule has 0 spiro atoms. The van der Waals surface area contributed by atoms with Gasteiger partial charge in [0, 0.05) is 17.3 Å². The number of ether oxygens (including phenoxy) is 3. The minimum absolute atomic E-state index is 0.352. The molecular weight excluding hydrogens is 310 g/mol. The van der Waals surface area contributed by atoms with E-state index in [0.29, 0.717) is 40.2 Å². The lowest BCUT2D eigenvalue weighted by atomic mass is 10.2. The van der Waals surface area contributed by atoms with E-state index in [1.165, 1.54) is 0 Å². The molecule has 7 heteroatoms. The van der Waals surface area contributed by atoms with E-state index in [9.17, 15) is 0 Å². The van der Waals surface area contributed by atoms with Crippen LogP contribution in [0.15, 0.2) is 34.9 Å². The molecule has 0 saturated carbocycles. The topological polar surface area (TPSA) is 79.5 Å². The molecule has 1 aromatic carbocycles. The quantitative estimate of drug-likeness (QED) is 0.712. The van der Waals surface area contributed by atoms with Gasteiger partial charge >= 0.3 is 0 Å². The Kier molecular flexibility index (Phi) is 4.33. The fourth-order valence-electron chi connectivity index (χ4n) is 2.24. The summed E-state index contributed by atoms with van der Waals surface area (Å²) >= 11 is 0. The van der Waals surface area contributed by atoms with Crippen LogP contribution in [-0.4, -0.2) is 36.5 Å². The van der Waals surface area contributed by atoms with Crippen molar-refractivity contribution in [3.63, 3.8) is 0 Å². The molecule has 0 amide bonds. The number of benzene rings is 1. The predicted molar refractivity (Wildman–Crippen MR) is 87.4 cm³/mol. The zero-order chi connectivity index (χ0) is 17.1. The van der Waals surface area contributed by atoms with E-state index in [1.54, 1.807) is 39.5 Å². The number of methoxy groups -OCH3 is 3. The van der Waals surface area contributed by atoms with Crippen molar-refractivity contribution in [2.75, 3.05) is 21.3 Å². The molecule has 0 unspecified atom stereocenters. The smallest absolute Gasteiger partial charge is 0.258 e. The molecule has 0 saturated heterocycles. The van der Waals surface area contributed by atoms with Crippen molar-refractivity contribution >= 4 is 0 Å². The van der Waals surface area contributed by atoms with E-state index in [-0.39, 0.29) is 0 Å². The molecule has 2 heterocycles. The summed E-state index contributed by atoms with van der Waals surface area (Å²) in [5, 5.41) is 4.02. The van der Waals surface area contributed by atoms with E-state index in [2.05, 4.69) is 15.1 Å². The van der Waals surface area contributed by atoms with Crippen LogP contribution in [-0.2, 0) is 0 Å². The average molecular weight is 327 g/mol. The van der Waals surface area contributed by atoms with E-state index in [4.69, 9.17) is 18.7 Å². The van der Waals surface area contributed by atoms with Gasteiger partial charge in [-0.25, -0.2) is 4.98 Å². The van der Waals surface area contributed by atoms with Crippen molar-refractivity contribution in [1.29, 1.82) is 0 Å². The fraction of sp³-hybridized carbons (Fsp3) is 0.235. The third kappa shape index (κ3) is 3.01. The number of pyridine rings is 1. The van der Waals surface area contributed by atoms with Gasteiger partial charge in [-0.1, -0.05) is 5.16 Å². The van der Waals surface area contributed by atoms with Crippen LogP contribution in [0, 0.1) is 6.92 Å². The summed E-state index contributed by atoms with van der Waals surface area (Å²) in [6.07, 6.45) is 0. The highest BCUT2D eigenvalue weighted by atomic mass is 16.5. The Hall–Kier alpha value is -3.09. The number of aryl methyl sites for hydroxylation is 1. The maximum atomic E-state index is 5.38. The lowest BCUT2D eigenvalue weighted by Crippen LogP contribution is -1.94. The van der Waals surface area contributed by atoms with Crippen LogP contribution in [0.4, 0.5) is 0 Å². The molecule has 124 valence electrons. The molecule has 3 aromatic rings. The second-order valence-corrected chi connectivity index (χ2v) is 5.03. The van der Waals surface area contributed by atoms with Crippen molar-refractivity contribution in [3.8, 4) is 40.2 Å². The van der Waals surface area contributed by atoms with Gasteiger partial charge in [-0.3, -0.25) is 0 Å². The van der Waals surface area contributed by atoms with E-state index in [0.717, 1.165) is 5.69 Å². The number of rotatable bonds is 5. The summed E-state index contributed by atoms with van der Waals surface area (Å²) < 4.78 is 21.2. The molecule has 24 heavy (non-hydrogen) atoms. The molecule has 0 aliphatic carbocycles. The van der Waals surface area contributed by atoms with Crippen molar-refractivity contribution in [3.05, 3.63) is 36.0 Å². The normalized spacial score (nSPS) is 10.5. The first-order valence-corrected chi connectivity index (χ1v) is 7.23. The van der Waals surface area contributed by atoms with Crippen LogP contribution in [0.3, 0.4) is 0 Å². The van der Waals surface area contributed by atoms with Gasteiger partial charge in [-0.2, -0.15) is 4.98 Å². The average Bonchev–Trinajstić information content (AvgIpc) is 3.10. The summed E-state index contributed by atoms with van der Waals surface area (Å²) in [7, 11) is 4.72. The number of nitrogens with zero attached hydrogens (tertiary/aromatic N) is 3. The van der Waals surface area contributed by atoms with Gasteiger partial charge in [0.25, 0.3) is 5.89 Å². The minimum Gasteiger partial charge on any atom is -0.497 e. The number of hydrogen-bond donors (Lipinski definition) is 0. The summed E-state index contributed by atoms with van der Waals surface area (Å²) in [6, 6.07) is 9.08. The van der Waals surface area contributed by atoms with Gasteiger partial charge in [0.1, 0.15) is 11.5 Å². The third-order valence-electron chi connectivity index (χ3n) is 3.46. The summed E-state index contributed by atoms with van der Waals surface area (Å²) in [6.45, 7) is 1.89. The molecule has 0 bridgehead atoms. The van der Waals surface area contributed by atoms with Crippen LogP contribution in [0.25, 0.3) is 22.8 Å². The molecule has 3 rings (SSSR count). The second kappa shape index (κ2) is 6.57. The lowest BCUT2D eigenvalue weighted by molar-refractivity contribution is 0.393. The van der Waals surface area contributed by atoms with E-state index >= 15 is 0 Å². The van der Waals surface area contributed by atoms with Crippen LogP contribution in [0.1, 0.15) is 5.69 Å². The largest absolute Gasteiger partial charge is 0.497 e. The maximum Gasteiger partial charge on any atom is 0.258 e. The van der Waals surface area contributed by atoms with Crippen LogP contribution in [0.5, 0.6) is 17.4 Å². The molecule has 0 N–H and O–H groups in total. The van der Waals surface area contributed by atoms with Crippen LogP contribution in [0.2, 0.25) is 0 Å². The first kappa shape index (κ1) is 15.8. The van der Waals surface area contributed by atoms with Crippen LogP contribution >= 0.6 is 0 Å². The number of hydrogen-bond acceptors (Lipinski definition) is 7. The minimum atomic E-state index is 0.352. The maximum absolute atomic E-state index is 5.38. The van der Waals surface area contributed by atoms with E-state index < -0.39 is 0 Å². The van der Waals surface area contributed by atoms with Crippen molar-refractivity contribution < 1.29 is 18.7 Å². The molecule has 0 aliphatic heterocycles. The standard InChI is InChI=1S/C17H17N3O4/c1-10-5-6-14(17(18-10)23-4)15-19-16(24-20-15)11-7-12(21-2)9-13(8-11)22-3/h5-9H,1-4H3. The number of aromatic nitrogens is 3. The van der Waals surface area contributed by atoms with Gasteiger partial charge in [-0.05, 0) is 31.2 Å². The van der Waals surface area contributed by atoms with Gasteiger partial charge in [0.15, 0.2) is 0 Å². The Balaban J connectivity index is 2.03. The summed E-state index contributed by atoms with van der Waals surface area (Å²) in [5.74, 6) is 2.48. The van der Waals surface area contributed by atoms with E-state index in [1.807, 2.05) is 19.1 Å². The highest BCUT2D eigenvalue weighted by molar-refractivity contribution is 5.65. The first-order chi connectivity index (χ1) is 11.6. The molecule has 2 aromatic heterocycles. The first-order valence-electron chi connectivity index (χ1n) is 7.23. The fourth-order valence-corrected chi connectivity index (χ4v) is 2.24. The lowest BCUT2D eigenvalue weighted by Gasteiger charge is -2.05. The zero-order valence-electron chi connectivity index (χ0n) is 13.9.